The van der Waals surface area contributed by atoms with Crippen LogP contribution in [0.5, 0.6) is 0 Å². The van der Waals surface area contributed by atoms with Crippen molar-refractivity contribution in [3.8, 4) is 0 Å². The summed E-state index contributed by atoms with van der Waals surface area (Å²) in [6.45, 7) is 10.7. The van der Waals surface area contributed by atoms with E-state index in [0.717, 1.165) is 18.4 Å². The molecule has 0 fully saturated rings. The molecule has 0 saturated carbocycles. The maximum absolute atomic E-state index is 12.6. The minimum absolute atomic E-state index is 0.0366. The fraction of sp³-hybridized carbons (Fsp3) is 0.550. The number of hydrogen-bond donors (Lipinski definition) is 1. The SMILES string of the molecule is CC(C)C/C=C/C[C@H](C(=O)N[C@@H](C)c1ccccc1)C(C)C. The summed E-state index contributed by atoms with van der Waals surface area (Å²) in [5, 5.41) is 3.15. The van der Waals surface area contributed by atoms with Gasteiger partial charge in [-0.05, 0) is 37.2 Å². The molecule has 122 valence electrons. The Labute approximate surface area is 136 Å². The van der Waals surface area contributed by atoms with E-state index in [0.29, 0.717) is 11.8 Å². The molecule has 0 unspecified atom stereocenters. The number of allylic oxidation sites excluding steroid dienone is 2. The lowest BCUT2D eigenvalue weighted by molar-refractivity contribution is -0.126. The van der Waals surface area contributed by atoms with Gasteiger partial charge >= 0.3 is 0 Å². The van der Waals surface area contributed by atoms with Crippen molar-refractivity contribution in [2.75, 3.05) is 0 Å². The van der Waals surface area contributed by atoms with Crippen LogP contribution in [0.15, 0.2) is 42.5 Å². The van der Waals surface area contributed by atoms with Gasteiger partial charge in [0.15, 0.2) is 0 Å². The van der Waals surface area contributed by atoms with E-state index in [4.69, 9.17) is 0 Å². The number of nitrogens with one attached hydrogen (secondary N) is 1. The third-order valence-electron chi connectivity index (χ3n) is 3.96. The van der Waals surface area contributed by atoms with Gasteiger partial charge in [-0.1, -0.05) is 70.2 Å². The van der Waals surface area contributed by atoms with E-state index >= 15 is 0 Å². The second-order valence-electron chi connectivity index (χ2n) is 6.83. The lowest BCUT2D eigenvalue weighted by atomic mass is 9.90. The van der Waals surface area contributed by atoms with Crippen LogP contribution in [0.3, 0.4) is 0 Å². The molecule has 0 spiro atoms. The second-order valence-corrected chi connectivity index (χ2v) is 6.83. The van der Waals surface area contributed by atoms with E-state index < -0.39 is 0 Å². The molecule has 1 N–H and O–H groups in total. The summed E-state index contributed by atoms with van der Waals surface area (Å²) in [5.74, 6) is 1.20. The van der Waals surface area contributed by atoms with E-state index in [9.17, 15) is 4.79 Å². The zero-order chi connectivity index (χ0) is 16.5. The Morgan fingerprint density at radius 3 is 2.14 bits per heavy atom. The van der Waals surface area contributed by atoms with Crippen molar-refractivity contribution in [1.82, 2.24) is 5.32 Å². The zero-order valence-electron chi connectivity index (χ0n) is 14.7. The average Bonchev–Trinajstić information content (AvgIpc) is 2.47. The second kappa shape index (κ2) is 9.45. The molecule has 1 aromatic carbocycles. The lowest BCUT2D eigenvalue weighted by Crippen LogP contribution is -2.35. The third-order valence-corrected chi connectivity index (χ3v) is 3.96. The molecule has 0 heterocycles. The Morgan fingerprint density at radius 2 is 1.59 bits per heavy atom. The molecule has 0 bridgehead atoms. The van der Waals surface area contributed by atoms with Crippen LogP contribution in [-0.2, 0) is 4.79 Å². The number of carbonyl (C=O) groups is 1. The Bertz CT molecular complexity index is 462. The first kappa shape index (κ1) is 18.5. The van der Waals surface area contributed by atoms with Gasteiger partial charge in [0.25, 0.3) is 0 Å². The Balaban J connectivity index is 2.59. The highest BCUT2D eigenvalue weighted by Gasteiger charge is 2.22. The predicted octanol–water partition coefficient (Wildman–Crippen LogP) is 5.13. The van der Waals surface area contributed by atoms with Crippen LogP contribution in [0.2, 0.25) is 0 Å². The summed E-state index contributed by atoms with van der Waals surface area (Å²) in [6, 6.07) is 10.2. The van der Waals surface area contributed by atoms with E-state index in [1.165, 1.54) is 0 Å². The van der Waals surface area contributed by atoms with Crippen molar-refractivity contribution >= 4 is 5.91 Å². The van der Waals surface area contributed by atoms with Gasteiger partial charge in [-0.15, -0.1) is 0 Å². The molecule has 0 aliphatic heterocycles. The summed E-state index contributed by atoms with van der Waals surface area (Å²) in [5.41, 5.74) is 1.15. The summed E-state index contributed by atoms with van der Waals surface area (Å²) in [4.78, 5) is 12.6. The predicted molar refractivity (Wildman–Crippen MR) is 94.5 cm³/mol. The maximum atomic E-state index is 12.6. The molecular formula is C20H31NO. The summed E-state index contributed by atoms with van der Waals surface area (Å²) < 4.78 is 0. The number of benzene rings is 1. The number of rotatable bonds is 8. The molecule has 1 amide bonds. The highest BCUT2D eigenvalue weighted by Crippen LogP contribution is 2.19. The van der Waals surface area contributed by atoms with Crippen molar-refractivity contribution in [2.24, 2.45) is 17.8 Å². The van der Waals surface area contributed by atoms with Crippen molar-refractivity contribution in [3.63, 3.8) is 0 Å². The molecule has 0 aliphatic rings. The molecule has 22 heavy (non-hydrogen) atoms. The fourth-order valence-corrected chi connectivity index (χ4v) is 2.44. The van der Waals surface area contributed by atoms with Gasteiger partial charge in [0.1, 0.15) is 0 Å². The van der Waals surface area contributed by atoms with Crippen LogP contribution in [-0.4, -0.2) is 5.91 Å². The normalized spacial score (nSPS) is 14.5. The molecule has 0 aliphatic carbocycles. The summed E-state index contributed by atoms with van der Waals surface area (Å²) in [6.07, 6.45) is 6.26. The monoisotopic (exact) mass is 301 g/mol. The van der Waals surface area contributed by atoms with Crippen LogP contribution < -0.4 is 5.32 Å². The van der Waals surface area contributed by atoms with Gasteiger partial charge < -0.3 is 5.32 Å². The Hall–Kier alpha value is -1.57. The molecule has 2 nitrogen and oxygen atoms in total. The van der Waals surface area contributed by atoms with E-state index in [-0.39, 0.29) is 17.9 Å². The Kier molecular flexibility index (Phi) is 7.94. The van der Waals surface area contributed by atoms with Crippen LogP contribution >= 0.6 is 0 Å². The van der Waals surface area contributed by atoms with Gasteiger partial charge in [-0.25, -0.2) is 0 Å². The van der Waals surface area contributed by atoms with Gasteiger partial charge in [0.2, 0.25) is 5.91 Å². The largest absolute Gasteiger partial charge is 0.349 e. The molecule has 0 aromatic heterocycles. The van der Waals surface area contributed by atoms with Crippen molar-refractivity contribution in [1.29, 1.82) is 0 Å². The van der Waals surface area contributed by atoms with Gasteiger partial charge in [0, 0.05) is 5.92 Å². The number of carbonyl (C=O) groups excluding carboxylic acids is 1. The van der Waals surface area contributed by atoms with Crippen LogP contribution in [0.1, 0.15) is 59.1 Å². The topological polar surface area (TPSA) is 29.1 Å². The summed E-state index contributed by atoms with van der Waals surface area (Å²) >= 11 is 0. The summed E-state index contributed by atoms with van der Waals surface area (Å²) in [7, 11) is 0. The van der Waals surface area contributed by atoms with Crippen LogP contribution in [0.25, 0.3) is 0 Å². The van der Waals surface area contributed by atoms with Crippen molar-refractivity contribution in [2.45, 2.75) is 53.5 Å². The standard InChI is InChI=1S/C20H31NO/c1-15(2)11-9-10-14-19(16(3)4)20(22)21-17(5)18-12-7-6-8-13-18/h6-10,12-13,15-17,19H,11,14H2,1-5H3,(H,21,22)/b10-9+/t17-,19-/m0/s1. The molecular weight excluding hydrogens is 270 g/mol. The first-order valence-corrected chi connectivity index (χ1v) is 8.42. The minimum atomic E-state index is 0.0366. The quantitative estimate of drug-likeness (QED) is 0.663. The van der Waals surface area contributed by atoms with E-state index in [1.54, 1.807) is 0 Å². The first-order valence-electron chi connectivity index (χ1n) is 8.42. The number of amides is 1. The van der Waals surface area contributed by atoms with Crippen LogP contribution in [0, 0.1) is 17.8 Å². The molecule has 0 radical (unpaired) electrons. The zero-order valence-corrected chi connectivity index (χ0v) is 14.7. The molecule has 2 atom stereocenters. The molecule has 1 rings (SSSR count). The third kappa shape index (κ3) is 6.46. The molecule has 1 aromatic rings. The Morgan fingerprint density at radius 1 is 1.00 bits per heavy atom. The van der Waals surface area contributed by atoms with Gasteiger partial charge in [-0.2, -0.15) is 0 Å². The van der Waals surface area contributed by atoms with E-state index in [2.05, 4.69) is 57.3 Å². The number of hydrogen-bond acceptors (Lipinski definition) is 1. The smallest absolute Gasteiger partial charge is 0.224 e. The van der Waals surface area contributed by atoms with Gasteiger partial charge in [0.05, 0.1) is 6.04 Å². The van der Waals surface area contributed by atoms with Crippen molar-refractivity contribution in [3.05, 3.63) is 48.0 Å². The van der Waals surface area contributed by atoms with Crippen LogP contribution in [0.4, 0.5) is 0 Å². The van der Waals surface area contributed by atoms with Crippen molar-refractivity contribution < 1.29 is 4.79 Å². The highest BCUT2D eigenvalue weighted by atomic mass is 16.1. The minimum Gasteiger partial charge on any atom is -0.349 e. The maximum Gasteiger partial charge on any atom is 0.224 e. The average molecular weight is 301 g/mol. The first-order chi connectivity index (χ1) is 10.4. The fourth-order valence-electron chi connectivity index (χ4n) is 2.44. The lowest BCUT2D eigenvalue weighted by Gasteiger charge is -2.22. The van der Waals surface area contributed by atoms with E-state index in [1.807, 2.05) is 25.1 Å². The van der Waals surface area contributed by atoms with Gasteiger partial charge in [-0.3, -0.25) is 4.79 Å². The molecule has 0 saturated heterocycles. The highest BCUT2D eigenvalue weighted by molar-refractivity contribution is 5.79. The molecule has 2 heteroatoms.